The Morgan fingerprint density at radius 1 is 1.40 bits per heavy atom. The van der Waals surface area contributed by atoms with Crippen LogP contribution in [0.1, 0.15) is 37.8 Å². The third kappa shape index (κ3) is 2.58. The molecule has 2 nitrogen and oxygen atoms in total. The summed E-state index contributed by atoms with van der Waals surface area (Å²) in [5.41, 5.74) is 7.55. The number of rotatable bonds is 3. The van der Waals surface area contributed by atoms with Gasteiger partial charge in [0, 0.05) is 5.54 Å². The lowest BCUT2D eigenvalue weighted by atomic mass is 9.94. The predicted octanol–water partition coefficient (Wildman–Crippen LogP) is 1.95. The SMILES string of the molecule is CC(C)(O)c1cccc(CC2(N)CC2)c1. The monoisotopic (exact) mass is 205 g/mol. The molecule has 15 heavy (non-hydrogen) atoms. The Morgan fingerprint density at radius 3 is 2.60 bits per heavy atom. The van der Waals surface area contributed by atoms with Crippen molar-refractivity contribution in [3.05, 3.63) is 35.4 Å². The average Bonchev–Trinajstić information content (AvgIpc) is 2.82. The molecule has 1 aliphatic carbocycles. The third-order valence-electron chi connectivity index (χ3n) is 3.08. The Kier molecular flexibility index (Phi) is 2.36. The second-order valence-electron chi connectivity index (χ2n) is 5.30. The zero-order valence-corrected chi connectivity index (χ0v) is 9.46. The molecule has 1 aromatic carbocycles. The molecule has 3 N–H and O–H groups in total. The van der Waals surface area contributed by atoms with Gasteiger partial charge in [-0.2, -0.15) is 0 Å². The molecule has 1 fully saturated rings. The summed E-state index contributed by atoms with van der Waals surface area (Å²) in [5, 5.41) is 9.90. The van der Waals surface area contributed by atoms with E-state index in [0.29, 0.717) is 0 Å². The minimum atomic E-state index is -0.763. The number of aliphatic hydroxyl groups is 1. The molecule has 0 radical (unpaired) electrons. The quantitative estimate of drug-likeness (QED) is 0.792. The van der Waals surface area contributed by atoms with Gasteiger partial charge >= 0.3 is 0 Å². The van der Waals surface area contributed by atoms with Crippen LogP contribution in [0.5, 0.6) is 0 Å². The van der Waals surface area contributed by atoms with Gasteiger partial charge in [0.2, 0.25) is 0 Å². The fraction of sp³-hybridized carbons (Fsp3) is 0.538. The smallest absolute Gasteiger partial charge is 0.0840 e. The maximum Gasteiger partial charge on any atom is 0.0840 e. The summed E-state index contributed by atoms with van der Waals surface area (Å²) >= 11 is 0. The average molecular weight is 205 g/mol. The largest absolute Gasteiger partial charge is 0.386 e. The highest BCUT2D eigenvalue weighted by Crippen LogP contribution is 2.36. The van der Waals surface area contributed by atoms with Crippen molar-refractivity contribution in [2.75, 3.05) is 0 Å². The number of hydrogen-bond acceptors (Lipinski definition) is 2. The molecule has 0 saturated heterocycles. The van der Waals surface area contributed by atoms with Gasteiger partial charge in [-0.15, -0.1) is 0 Å². The van der Waals surface area contributed by atoms with Crippen LogP contribution in [-0.2, 0) is 12.0 Å². The van der Waals surface area contributed by atoms with E-state index in [1.54, 1.807) is 13.8 Å². The van der Waals surface area contributed by atoms with Gasteiger partial charge in [0.05, 0.1) is 5.60 Å². The summed E-state index contributed by atoms with van der Waals surface area (Å²) in [4.78, 5) is 0. The highest BCUT2D eigenvalue weighted by molar-refractivity contribution is 5.29. The lowest BCUT2D eigenvalue weighted by Gasteiger charge is -2.19. The molecule has 0 heterocycles. The van der Waals surface area contributed by atoms with E-state index in [4.69, 9.17) is 5.73 Å². The molecule has 1 saturated carbocycles. The minimum absolute atomic E-state index is 0.0399. The first kappa shape index (κ1) is 10.7. The first-order valence-electron chi connectivity index (χ1n) is 5.50. The maximum absolute atomic E-state index is 9.90. The van der Waals surface area contributed by atoms with Gasteiger partial charge in [0.1, 0.15) is 0 Å². The zero-order valence-electron chi connectivity index (χ0n) is 9.46. The Hall–Kier alpha value is -0.860. The highest BCUT2D eigenvalue weighted by Gasteiger charge is 2.38. The van der Waals surface area contributed by atoms with Crippen LogP contribution in [-0.4, -0.2) is 10.6 Å². The van der Waals surface area contributed by atoms with Crippen LogP contribution in [0, 0.1) is 0 Å². The third-order valence-corrected chi connectivity index (χ3v) is 3.08. The van der Waals surface area contributed by atoms with Crippen molar-refractivity contribution in [3.63, 3.8) is 0 Å². The van der Waals surface area contributed by atoms with Gasteiger partial charge in [-0.05, 0) is 44.2 Å². The van der Waals surface area contributed by atoms with E-state index in [1.807, 2.05) is 12.1 Å². The molecule has 0 spiro atoms. The fourth-order valence-electron chi connectivity index (χ4n) is 1.81. The fourth-order valence-corrected chi connectivity index (χ4v) is 1.81. The molecule has 0 amide bonds. The van der Waals surface area contributed by atoms with Crippen molar-refractivity contribution in [2.24, 2.45) is 5.73 Å². The first-order chi connectivity index (χ1) is 6.89. The van der Waals surface area contributed by atoms with Crippen LogP contribution >= 0.6 is 0 Å². The van der Waals surface area contributed by atoms with E-state index in [1.165, 1.54) is 5.56 Å². The molecule has 1 aliphatic rings. The van der Waals surface area contributed by atoms with Crippen molar-refractivity contribution >= 4 is 0 Å². The lowest BCUT2D eigenvalue weighted by molar-refractivity contribution is 0.0785. The molecule has 0 unspecified atom stereocenters. The van der Waals surface area contributed by atoms with E-state index in [9.17, 15) is 5.11 Å². The summed E-state index contributed by atoms with van der Waals surface area (Å²) in [7, 11) is 0. The van der Waals surface area contributed by atoms with Crippen molar-refractivity contribution in [2.45, 2.75) is 44.2 Å². The summed E-state index contributed by atoms with van der Waals surface area (Å²) in [6, 6.07) is 8.10. The summed E-state index contributed by atoms with van der Waals surface area (Å²) in [6.07, 6.45) is 3.18. The molecule has 0 bridgehead atoms. The summed E-state index contributed by atoms with van der Waals surface area (Å²) in [6.45, 7) is 3.61. The van der Waals surface area contributed by atoms with Gasteiger partial charge in [0.25, 0.3) is 0 Å². The van der Waals surface area contributed by atoms with Crippen LogP contribution < -0.4 is 5.73 Å². The van der Waals surface area contributed by atoms with E-state index < -0.39 is 5.60 Å². The number of nitrogens with two attached hydrogens (primary N) is 1. The van der Waals surface area contributed by atoms with Crippen LogP contribution in [0.15, 0.2) is 24.3 Å². The Bertz CT molecular complexity index is 361. The van der Waals surface area contributed by atoms with Crippen LogP contribution in [0.4, 0.5) is 0 Å². The molecule has 1 aromatic rings. The van der Waals surface area contributed by atoms with Crippen molar-refractivity contribution < 1.29 is 5.11 Å². The Morgan fingerprint density at radius 2 is 2.07 bits per heavy atom. The standard InChI is InChI=1S/C13H19NO/c1-12(2,15)11-5-3-4-10(8-11)9-13(14)6-7-13/h3-5,8,15H,6-7,9,14H2,1-2H3. The van der Waals surface area contributed by atoms with Crippen LogP contribution in [0.3, 0.4) is 0 Å². The van der Waals surface area contributed by atoms with Gasteiger partial charge in [-0.25, -0.2) is 0 Å². The minimum Gasteiger partial charge on any atom is -0.386 e. The molecule has 2 heteroatoms. The topological polar surface area (TPSA) is 46.2 Å². The summed E-state index contributed by atoms with van der Waals surface area (Å²) < 4.78 is 0. The maximum atomic E-state index is 9.90. The van der Waals surface area contributed by atoms with Crippen LogP contribution in [0.25, 0.3) is 0 Å². The summed E-state index contributed by atoms with van der Waals surface area (Å²) in [5.74, 6) is 0. The number of benzene rings is 1. The first-order valence-corrected chi connectivity index (χ1v) is 5.50. The normalized spacial score (nSPS) is 18.9. The predicted molar refractivity (Wildman–Crippen MR) is 61.5 cm³/mol. The molecule has 2 rings (SSSR count). The van der Waals surface area contributed by atoms with E-state index in [-0.39, 0.29) is 5.54 Å². The highest BCUT2D eigenvalue weighted by atomic mass is 16.3. The van der Waals surface area contributed by atoms with Gasteiger partial charge < -0.3 is 10.8 Å². The van der Waals surface area contributed by atoms with Crippen molar-refractivity contribution in [1.82, 2.24) is 0 Å². The van der Waals surface area contributed by atoms with Gasteiger partial charge in [-0.1, -0.05) is 24.3 Å². The molecule has 0 aliphatic heterocycles. The molecule has 0 atom stereocenters. The second kappa shape index (κ2) is 3.32. The van der Waals surface area contributed by atoms with E-state index in [0.717, 1.165) is 24.8 Å². The molecule has 82 valence electrons. The van der Waals surface area contributed by atoms with E-state index in [2.05, 4.69) is 12.1 Å². The van der Waals surface area contributed by atoms with Crippen LogP contribution in [0.2, 0.25) is 0 Å². The Labute approximate surface area is 91.1 Å². The second-order valence-corrected chi connectivity index (χ2v) is 5.30. The molecule has 0 aromatic heterocycles. The van der Waals surface area contributed by atoms with E-state index >= 15 is 0 Å². The molecular formula is C13H19NO. The van der Waals surface area contributed by atoms with Crippen molar-refractivity contribution in [1.29, 1.82) is 0 Å². The lowest BCUT2D eigenvalue weighted by Crippen LogP contribution is -2.25. The van der Waals surface area contributed by atoms with Crippen molar-refractivity contribution in [3.8, 4) is 0 Å². The van der Waals surface area contributed by atoms with Gasteiger partial charge in [-0.3, -0.25) is 0 Å². The molecular weight excluding hydrogens is 186 g/mol. The Balaban J connectivity index is 2.19. The zero-order chi connectivity index (χ0) is 11.1. The number of hydrogen-bond donors (Lipinski definition) is 2. The van der Waals surface area contributed by atoms with Gasteiger partial charge in [0.15, 0.2) is 0 Å².